The van der Waals surface area contributed by atoms with Crippen molar-refractivity contribution in [2.75, 3.05) is 4.72 Å². The van der Waals surface area contributed by atoms with Crippen LogP contribution in [0.3, 0.4) is 0 Å². The number of amides is 1. The van der Waals surface area contributed by atoms with Gasteiger partial charge in [-0.1, -0.05) is 42.5 Å². The Hall–Kier alpha value is -3.91. The Kier molecular flexibility index (Phi) is 6.04. The highest BCUT2D eigenvalue weighted by Crippen LogP contribution is 2.15. The number of nitrogens with zero attached hydrogens (tertiary/aromatic N) is 2. The van der Waals surface area contributed by atoms with Gasteiger partial charge in [0, 0.05) is 18.3 Å². The lowest BCUT2D eigenvalue weighted by molar-refractivity contribution is 0.0949. The lowest BCUT2D eigenvalue weighted by Crippen LogP contribution is -2.24. The van der Waals surface area contributed by atoms with E-state index in [0.717, 1.165) is 27.8 Å². The zero-order valence-corrected chi connectivity index (χ0v) is 18.2. The van der Waals surface area contributed by atoms with E-state index in [9.17, 15) is 13.2 Å². The zero-order chi connectivity index (χ0) is 22.6. The first kappa shape index (κ1) is 21.3. The molecule has 0 bridgehead atoms. The van der Waals surface area contributed by atoms with E-state index in [0.29, 0.717) is 11.3 Å². The molecule has 1 heterocycles. The van der Waals surface area contributed by atoms with Gasteiger partial charge in [0.05, 0.1) is 23.0 Å². The maximum absolute atomic E-state index is 12.5. The molecule has 162 valence electrons. The van der Waals surface area contributed by atoms with E-state index < -0.39 is 10.0 Å². The molecule has 0 radical (unpaired) electrons. The largest absolute Gasteiger partial charge is 0.345 e. The summed E-state index contributed by atoms with van der Waals surface area (Å²) in [6.07, 6.45) is 1.52. The Labute approximate surface area is 186 Å². The number of carbonyl (C=O) groups is 1. The van der Waals surface area contributed by atoms with Gasteiger partial charge in [0.15, 0.2) is 0 Å². The fourth-order valence-corrected chi connectivity index (χ4v) is 4.10. The number of sulfonamides is 1. The second kappa shape index (κ2) is 9.07. The van der Waals surface area contributed by atoms with E-state index >= 15 is 0 Å². The second-order valence-corrected chi connectivity index (χ2v) is 8.76. The van der Waals surface area contributed by atoms with Crippen LogP contribution in [0.1, 0.15) is 21.7 Å². The molecule has 0 aliphatic carbocycles. The number of hydrogen-bond donors (Lipinski definition) is 2. The Bertz CT molecular complexity index is 1380. The molecule has 1 aromatic heterocycles. The van der Waals surface area contributed by atoms with Gasteiger partial charge in [0.2, 0.25) is 0 Å². The number of anilines is 1. The third-order valence-electron chi connectivity index (χ3n) is 4.93. The van der Waals surface area contributed by atoms with E-state index in [1.54, 1.807) is 24.3 Å². The predicted octanol–water partition coefficient (Wildman–Crippen LogP) is 3.92. The standard InChI is InChI=1S/C24H22N4O3S/c1-28-22-10-6-5-9-21(22)26-23(28)17-25-24(29)19-11-13-20(14-12-19)27-32(30,31)16-15-18-7-3-2-4-8-18/h2-16,27H,17H2,1H3,(H,25,29)/b16-15+. The first-order valence-electron chi connectivity index (χ1n) is 9.96. The number of hydrogen-bond acceptors (Lipinski definition) is 4. The van der Waals surface area contributed by atoms with Gasteiger partial charge in [-0.3, -0.25) is 9.52 Å². The van der Waals surface area contributed by atoms with Crippen LogP contribution >= 0.6 is 0 Å². The minimum atomic E-state index is -3.67. The summed E-state index contributed by atoms with van der Waals surface area (Å²) in [4.78, 5) is 17.0. The SMILES string of the molecule is Cn1c(CNC(=O)c2ccc(NS(=O)(=O)/C=C/c3ccccc3)cc2)nc2ccccc21. The normalized spacial score (nSPS) is 11.7. The van der Waals surface area contributed by atoms with Gasteiger partial charge in [-0.25, -0.2) is 13.4 Å². The number of aryl methyl sites for hydroxylation is 1. The highest BCUT2D eigenvalue weighted by Gasteiger charge is 2.11. The molecular weight excluding hydrogens is 424 g/mol. The van der Waals surface area contributed by atoms with Gasteiger partial charge in [0.25, 0.3) is 15.9 Å². The maximum atomic E-state index is 12.5. The second-order valence-electron chi connectivity index (χ2n) is 7.20. The van der Waals surface area contributed by atoms with Gasteiger partial charge in [-0.05, 0) is 48.0 Å². The summed E-state index contributed by atoms with van der Waals surface area (Å²) >= 11 is 0. The van der Waals surface area contributed by atoms with E-state index in [4.69, 9.17) is 0 Å². The van der Waals surface area contributed by atoms with Crippen LogP contribution < -0.4 is 10.0 Å². The predicted molar refractivity (Wildman–Crippen MR) is 126 cm³/mol. The zero-order valence-electron chi connectivity index (χ0n) is 17.4. The van der Waals surface area contributed by atoms with Crippen LogP contribution in [-0.4, -0.2) is 23.9 Å². The minimum absolute atomic E-state index is 0.268. The molecule has 0 aliphatic rings. The number of aromatic nitrogens is 2. The first-order chi connectivity index (χ1) is 15.4. The molecule has 2 N–H and O–H groups in total. The Morgan fingerprint density at radius 2 is 1.66 bits per heavy atom. The van der Waals surface area contributed by atoms with Crippen molar-refractivity contribution in [3.8, 4) is 0 Å². The fraction of sp³-hybridized carbons (Fsp3) is 0.0833. The molecule has 0 fully saturated rings. The van der Waals surface area contributed by atoms with Gasteiger partial charge >= 0.3 is 0 Å². The van der Waals surface area contributed by atoms with Gasteiger partial charge in [-0.2, -0.15) is 0 Å². The van der Waals surface area contributed by atoms with E-state index in [-0.39, 0.29) is 12.5 Å². The first-order valence-corrected chi connectivity index (χ1v) is 11.5. The number of para-hydroxylation sites is 2. The van der Waals surface area contributed by atoms with E-state index in [2.05, 4.69) is 15.0 Å². The summed E-state index contributed by atoms with van der Waals surface area (Å²) in [7, 11) is -1.77. The summed E-state index contributed by atoms with van der Waals surface area (Å²) in [5, 5.41) is 3.96. The van der Waals surface area contributed by atoms with E-state index in [1.165, 1.54) is 6.08 Å². The Morgan fingerprint density at radius 1 is 0.969 bits per heavy atom. The van der Waals surface area contributed by atoms with Crippen LogP contribution in [0.25, 0.3) is 17.1 Å². The number of fused-ring (bicyclic) bond motifs is 1. The molecule has 0 spiro atoms. The topological polar surface area (TPSA) is 93.1 Å². The lowest BCUT2D eigenvalue weighted by Gasteiger charge is -2.08. The number of benzene rings is 3. The Morgan fingerprint density at radius 3 is 2.38 bits per heavy atom. The molecule has 0 aliphatic heterocycles. The number of rotatable bonds is 7. The van der Waals surface area contributed by atoms with Crippen molar-refractivity contribution in [2.24, 2.45) is 7.05 Å². The average molecular weight is 447 g/mol. The highest BCUT2D eigenvalue weighted by atomic mass is 32.2. The molecule has 8 heteroatoms. The van der Waals surface area contributed by atoms with E-state index in [1.807, 2.05) is 66.2 Å². The molecule has 32 heavy (non-hydrogen) atoms. The molecule has 3 aromatic carbocycles. The third kappa shape index (κ3) is 5.04. The molecule has 0 unspecified atom stereocenters. The van der Waals surface area contributed by atoms with Crippen molar-refractivity contribution in [2.45, 2.75) is 6.54 Å². The number of nitrogens with one attached hydrogen (secondary N) is 2. The van der Waals surface area contributed by atoms with Gasteiger partial charge in [-0.15, -0.1) is 0 Å². The van der Waals surface area contributed by atoms with Crippen LogP contribution in [0.4, 0.5) is 5.69 Å². The van der Waals surface area contributed by atoms with Crippen molar-refractivity contribution in [1.29, 1.82) is 0 Å². The van der Waals surface area contributed by atoms with Crippen molar-refractivity contribution >= 4 is 38.7 Å². The molecule has 4 rings (SSSR count). The minimum Gasteiger partial charge on any atom is -0.345 e. The van der Waals surface area contributed by atoms with Crippen molar-refractivity contribution < 1.29 is 13.2 Å². The quantitative estimate of drug-likeness (QED) is 0.450. The molecule has 1 amide bonds. The molecule has 0 atom stereocenters. The van der Waals surface area contributed by atoms with Crippen LogP contribution in [-0.2, 0) is 23.6 Å². The summed E-state index contributed by atoms with van der Waals surface area (Å²) in [6.45, 7) is 0.280. The molecule has 0 saturated heterocycles. The van der Waals surface area contributed by atoms with Crippen LogP contribution in [0, 0.1) is 0 Å². The summed E-state index contributed by atoms with van der Waals surface area (Å²) in [5.41, 5.74) is 3.44. The van der Waals surface area contributed by atoms with Crippen LogP contribution in [0.5, 0.6) is 0 Å². The molecule has 4 aromatic rings. The average Bonchev–Trinajstić information content (AvgIpc) is 3.13. The highest BCUT2D eigenvalue weighted by molar-refractivity contribution is 7.95. The van der Waals surface area contributed by atoms with Gasteiger partial charge in [0.1, 0.15) is 5.82 Å². The lowest BCUT2D eigenvalue weighted by atomic mass is 10.2. The van der Waals surface area contributed by atoms with Gasteiger partial charge < -0.3 is 9.88 Å². The van der Waals surface area contributed by atoms with Crippen molar-refractivity contribution in [3.05, 3.63) is 101 Å². The fourth-order valence-electron chi connectivity index (χ4n) is 3.24. The summed E-state index contributed by atoms with van der Waals surface area (Å²) in [6, 6.07) is 23.2. The molecule has 0 saturated carbocycles. The van der Waals surface area contributed by atoms with Crippen molar-refractivity contribution in [3.63, 3.8) is 0 Å². The monoisotopic (exact) mass is 446 g/mol. The molecule has 7 nitrogen and oxygen atoms in total. The van der Waals surface area contributed by atoms with Crippen molar-refractivity contribution in [1.82, 2.24) is 14.9 Å². The molecular formula is C24H22N4O3S. The maximum Gasteiger partial charge on any atom is 0.255 e. The van der Waals surface area contributed by atoms with Crippen LogP contribution in [0.15, 0.2) is 84.3 Å². The summed E-state index contributed by atoms with van der Waals surface area (Å²) < 4.78 is 29.0. The Balaban J connectivity index is 1.37. The third-order valence-corrected chi connectivity index (χ3v) is 5.95. The smallest absolute Gasteiger partial charge is 0.255 e. The summed E-state index contributed by atoms with van der Waals surface area (Å²) in [5.74, 6) is 0.476. The number of imidazole rings is 1. The number of carbonyl (C=O) groups excluding carboxylic acids is 1. The van der Waals surface area contributed by atoms with Crippen LogP contribution in [0.2, 0.25) is 0 Å².